The quantitative estimate of drug-likeness (QED) is 0.627. The van der Waals surface area contributed by atoms with Gasteiger partial charge in [-0.25, -0.2) is 9.89 Å². The van der Waals surface area contributed by atoms with Gasteiger partial charge in [0.15, 0.2) is 0 Å². The van der Waals surface area contributed by atoms with Crippen molar-refractivity contribution < 1.29 is 14.7 Å². The van der Waals surface area contributed by atoms with Gasteiger partial charge >= 0.3 is 5.97 Å². The number of H-pyrrole nitrogens is 1. The third-order valence-corrected chi connectivity index (χ3v) is 4.07. The van der Waals surface area contributed by atoms with E-state index in [1.54, 1.807) is 36.4 Å². The van der Waals surface area contributed by atoms with E-state index < -0.39 is 17.4 Å². The van der Waals surface area contributed by atoms with E-state index in [0.29, 0.717) is 10.6 Å². The maximum atomic E-state index is 12.4. The van der Waals surface area contributed by atoms with Crippen LogP contribution in [0.5, 0.6) is 0 Å². The molecule has 0 bridgehead atoms. The summed E-state index contributed by atoms with van der Waals surface area (Å²) in [4.78, 5) is 35.5. The van der Waals surface area contributed by atoms with Gasteiger partial charge in [0.1, 0.15) is 5.56 Å². The minimum absolute atomic E-state index is 0.0780. The van der Waals surface area contributed by atoms with E-state index in [9.17, 15) is 14.4 Å². The number of aromatic carboxylic acids is 1. The number of nitrogens with one attached hydrogen (secondary N) is 2. The Bertz CT molecular complexity index is 1060. The number of benzene rings is 2. The van der Waals surface area contributed by atoms with Crippen molar-refractivity contribution in [2.24, 2.45) is 0 Å². The second kappa shape index (κ2) is 7.84. The van der Waals surface area contributed by atoms with Gasteiger partial charge in [-0.05, 0) is 35.9 Å². The molecule has 136 valence electrons. The monoisotopic (exact) mass is 383 g/mol. The van der Waals surface area contributed by atoms with Gasteiger partial charge < -0.3 is 10.4 Å². The van der Waals surface area contributed by atoms with Crippen LogP contribution in [0.2, 0.25) is 5.02 Å². The molecule has 0 radical (unpaired) electrons. The van der Waals surface area contributed by atoms with Gasteiger partial charge in [-0.3, -0.25) is 9.59 Å². The lowest BCUT2D eigenvalue weighted by molar-refractivity contribution is 0.0696. The number of rotatable bonds is 5. The van der Waals surface area contributed by atoms with Crippen LogP contribution in [0.4, 0.5) is 0 Å². The second-order valence-corrected chi connectivity index (χ2v) is 6.13. The average Bonchev–Trinajstić information content (AvgIpc) is 2.67. The van der Waals surface area contributed by atoms with Gasteiger partial charge in [0, 0.05) is 17.1 Å². The Morgan fingerprint density at radius 1 is 1.11 bits per heavy atom. The van der Waals surface area contributed by atoms with Crippen LogP contribution in [0.15, 0.2) is 59.4 Å². The fraction of sp³-hybridized carbons (Fsp3) is 0.0526. The van der Waals surface area contributed by atoms with Gasteiger partial charge in [-0.15, -0.1) is 0 Å². The normalized spacial score (nSPS) is 10.4. The third kappa shape index (κ3) is 4.39. The molecule has 0 aliphatic carbocycles. The van der Waals surface area contributed by atoms with Gasteiger partial charge in [-0.2, -0.15) is 5.10 Å². The highest BCUT2D eigenvalue weighted by Crippen LogP contribution is 2.18. The van der Waals surface area contributed by atoms with E-state index in [0.717, 1.165) is 5.56 Å². The van der Waals surface area contributed by atoms with Crippen LogP contribution in [-0.4, -0.2) is 27.2 Å². The summed E-state index contributed by atoms with van der Waals surface area (Å²) in [5.41, 5.74) is 0.908. The Morgan fingerprint density at radius 2 is 1.85 bits per heavy atom. The highest BCUT2D eigenvalue weighted by atomic mass is 35.5. The Kier molecular flexibility index (Phi) is 5.33. The lowest BCUT2D eigenvalue weighted by Crippen LogP contribution is -2.29. The number of aromatic amines is 1. The Balaban J connectivity index is 1.83. The Hall–Kier alpha value is -3.45. The third-order valence-electron chi connectivity index (χ3n) is 3.82. The Labute approximate surface area is 158 Å². The fourth-order valence-corrected chi connectivity index (χ4v) is 2.54. The van der Waals surface area contributed by atoms with Gasteiger partial charge in [0.25, 0.3) is 11.5 Å². The molecule has 0 fully saturated rings. The van der Waals surface area contributed by atoms with E-state index in [1.165, 1.54) is 18.2 Å². The SMILES string of the molecule is O=C(O)c1cccc(-c2cc(C(=O)NCc3ccc(Cl)cc3)c(=O)[nH]n2)c1. The van der Waals surface area contributed by atoms with Crippen LogP contribution in [0, 0.1) is 0 Å². The number of amides is 1. The Morgan fingerprint density at radius 3 is 2.56 bits per heavy atom. The van der Waals surface area contributed by atoms with Crippen LogP contribution in [0.1, 0.15) is 26.3 Å². The zero-order chi connectivity index (χ0) is 19.4. The standard InChI is InChI=1S/C19H14ClN3O4/c20-14-6-4-11(5-7-14)10-21-17(24)15-9-16(22-23-18(15)25)12-2-1-3-13(8-12)19(26)27/h1-9H,10H2,(H,21,24)(H,23,25)(H,26,27). The predicted octanol–water partition coefficient (Wildman–Crippen LogP) is 2.72. The zero-order valence-corrected chi connectivity index (χ0v) is 14.7. The molecule has 0 aliphatic rings. The lowest BCUT2D eigenvalue weighted by atomic mass is 10.1. The van der Waals surface area contributed by atoms with E-state index in [2.05, 4.69) is 15.5 Å². The summed E-state index contributed by atoms with van der Waals surface area (Å²) in [6.45, 7) is 0.224. The minimum atomic E-state index is -1.08. The lowest BCUT2D eigenvalue weighted by Gasteiger charge is -2.07. The maximum absolute atomic E-state index is 12.4. The fourth-order valence-electron chi connectivity index (χ4n) is 2.41. The summed E-state index contributed by atoms with van der Waals surface area (Å²) in [6.07, 6.45) is 0. The largest absolute Gasteiger partial charge is 0.478 e. The molecule has 0 atom stereocenters. The highest BCUT2D eigenvalue weighted by molar-refractivity contribution is 6.30. The highest BCUT2D eigenvalue weighted by Gasteiger charge is 2.14. The van der Waals surface area contributed by atoms with Crippen LogP contribution in [-0.2, 0) is 6.54 Å². The van der Waals surface area contributed by atoms with Crippen LogP contribution in [0.25, 0.3) is 11.3 Å². The van der Waals surface area contributed by atoms with Crippen molar-refractivity contribution in [3.8, 4) is 11.3 Å². The summed E-state index contributed by atoms with van der Waals surface area (Å²) in [5, 5.41) is 18.5. The first-order valence-corrected chi connectivity index (χ1v) is 8.28. The van der Waals surface area contributed by atoms with Gasteiger partial charge in [0.05, 0.1) is 11.3 Å². The molecule has 0 saturated carbocycles. The summed E-state index contributed by atoms with van der Waals surface area (Å²) >= 11 is 5.82. The molecule has 3 aromatic rings. The summed E-state index contributed by atoms with van der Waals surface area (Å²) < 4.78 is 0. The van der Waals surface area contributed by atoms with Crippen molar-refractivity contribution in [3.63, 3.8) is 0 Å². The molecular formula is C19H14ClN3O4. The van der Waals surface area contributed by atoms with Crippen molar-refractivity contribution in [1.29, 1.82) is 0 Å². The van der Waals surface area contributed by atoms with Crippen LogP contribution in [0.3, 0.4) is 0 Å². The van der Waals surface area contributed by atoms with Crippen molar-refractivity contribution >= 4 is 23.5 Å². The molecule has 7 nitrogen and oxygen atoms in total. The molecular weight excluding hydrogens is 370 g/mol. The topological polar surface area (TPSA) is 112 Å². The minimum Gasteiger partial charge on any atom is -0.478 e. The number of carboxylic acids is 1. The second-order valence-electron chi connectivity index (χ2n) is 5.69. The van der Waals surface area contributed by atoms with Gasteiger partial charge in [0.2, 0.25) is 0 Å². The van der Waals surface area contributed by atoms with E-state index in [4.69, 9.17) is 16.7 Å². The molecule has 1 heterocycles. The van der Waals surface area contributed by atoms with Crippen LogP contribution >= 0.6 is 11.6 Å². The number of carboxylic acid groups (broad SMARTS) is 1. The zero-order valence-electron chi connectivity index (χ0n) is 13.9. The number of nitrogens with zero attached hydrogens (tertiary/aromatic N) is 1. The molecule has 0 saturated heterocycles. The van der Waals surface area contributed by atoms with Crippen molar-refractivity contribution in [2.75, 3.05) is 0 Å². The molecule has 2 aromatic carbocycles. The number of halogens is 1. The maximum Gasteiger partial charge on any atom is 0.335 e. The van der Waals surface area contributed by atoms with Gasteiger partial charge in [-0.1, -0.05) is 35.9 Å². The van der Waals surface area contributed by atoms with E-state index in [-0.39, 0.29) is 23.4 Å². The summed E-state index contributed by atoms with van der Waals surface area (Å²) in [5.74, 6) is -1.65. The van der Waals surface area contributed by atoms with Crippen molar-refractivity contribution in [3.05, 3.63) is 86.7 Å². The molecule has 3 N–H and O–H groups in total. The first-order chi connectivity index (χ1) is 12.9. The molecule has 1 aromatic heterocycles. The molecule has 8 heteroatoms. The van der Waals surface area contributed by atoms with E-state index in [1.807, 2.05) is 0 Å². The first kappa shape index (κ1) is 18.3. The van der Waals surface area contributed by atoms with Crippen LogP contribution < -0.4 is 10.9 Å². The molecule has 0 spiro atoms. The summed E-state index contributed by atoms with van der Waals surface area (Å²) in [6, 6.07) is 14.3. The number of carbonyl (C=O) groups is 2. The number of carbonyl (C=O) groups excluding carboxylic acids is 1. The van der Waals surface area contributed by atoms with Crippen molar-refractivity contribution in [2.45, 2.75) is 6.54 Å². The molecule has 1 amide bonds. The van der Waals surface area contributed by atoms with E-state index >= 15 is 0 Å². The molecule has 3 rings (SSSR count). The smallest absolute Gasteiger partial charge is 0.335 e. The molecule has 27 heavy (non-hydrogen) atoms. The first-order valence-electron chi connectivity index (χ1n) is 7.90. The average molecular weight is 384 g/mol. The number of hydrogen-bond acceptors (Lipinski definition) is 4. The van der Waals surface area contributed by atoms with Crippen molar-refractivity contribution in [1.82, 2.24) is 15.5 Å². The number of hydrogen-bond donors (Lipinski definition) is 3. The molecule has 0 aliphatic heterocycles. The molecule has 0 unspecified atom stereocenters. The summed E-state index contributed by atoms with van der Waals surface area (Å²) in [7, 11) is 0. The predicted molar refractivity (Wildman–Crippen MR) is 99.9 cm³/mol. The number of aromatic nitrogens is 2.